The van der Waals surface area contributed by atoms with Crippen molar-refractivity contribution in [3.63, 3.8) is 0 Å². The predicted octanol–water partition coefficient (Wildman–Crippen LogP) is 0.938. The molecule has 1 fully saturated rings. The lowest BCUT2D eigenvalue weighted by Crippen LogP contribution is -2.28. The molecule has 1 heterocycles. The Balaban J connectivity index is 2.38. The van der Waals surface area contributed by atoms with Gasteiger partial charge in [-0.15, -0.1) is 0 Å². The van der Waals surface area contributed by atoms with Gasteiger partial charge >= 0.3 is 0 Å². The van der Waals surface area contributed by atoms with E-state index in [4.69, 9.17) is 10.5 Å². The Bertz CT molecular complexity index is 522. The van der Waals surface area contributed by atoms with Gasteiger partial charge in [0.15, 0.2) is 0 Å². The van der Waals surface area contributed by atoms with Crippen LogP contribution in [0.5, 0.6) is 5.75 Å². The van der Waals surface area contributed by atoms with Crippen molar-refractivity contribution in [3.05, 3.63) is 23.8 Å². The van der Waals surface area contributed by atoms with E-state index in [0.29, 0.717) is 29.3 Å². The van der Waals surface area contributed by atoms with Gasteiger partial charge in [-0.25, -0.2) is 8.42 Å². The van der Waals surface area contributed by atoms with Crippen LogP contribution >= 0.6 is 0 Å². The summed E-state index contributed by atoms with van der Waals surface area (Å²) in [5, 5.41) is 0. The van der Waals surface area contributed by atoms with E-state index in [1.807, 2.05) is 0 Å². The van der Waals surface area contributed by atoms with Crippen LogP contribution in [0.1, 0.15) is 18.4 Å². The molecule has 0 aliphatic carbocycles. The summed E-state index contributed by atoms with van der Waals surface area (Å²) in [6, 6.07) is 4.84. The van der Waals surface area contributed by atoms with E-state index in [1.54, 1.807) is 25.3 Å². The molecule has 2 rings (SSSR count). The molecule has 1 aromatic carbocycles. The van der Waals surface area contributed by atoms with Crippen molar-refractivity contribution in [2.45, 2.75) is 24.3 Å². The molecule has 0 amide bonds. The van der Waals surface area contributed by atoms with E-state index in [9.17, 15) is 8.42 Å². The fraction of sp³-hybridized carbons (Fsp3) is 0.500. The Morgan fingerprint density at radius 3 is 2.56 bits per heavy atom. The summed E-state index contributed by atoms with van der Waals surface area (Å²) in [5.74, 6) is 0.623. The van der Waals surface area contributed by atoms with Crippen LogP contribution in [0.2, 0.25) is 0 Å². The van der Waals surface area contributed by atoms with Crippen molar-refractivity contribution < 1.29 is 13.2 Å². The summed E-state index contributed by atoms with van der Waals surface area (Å²) < 4.78 is 31.4. The van der Waals surface area contributed by atoms with E-state index in [2.05, 4.69) is 0 Å². The first-order valence-corrected chi connectivity index (χ1v) is 7.40. The van der Waals surface area contributed by atoms with Crippen molar-refractivity contribution in [1.82, 2.24) is 4.31 Å². The third kappa shape index (κ3) is 2.36. The van der Waals surface area contributed by atoms with Crippen molar-refractivity contribution in [3.8, 4) is 5.75 Å². The Hall–Kier alpha value is -1.11. The highest BCUT2D eigenvalue weighted by atomic mass is 32.2. The molecule has 0 bridgehead atoms. The van der Waals surface area contributed by atoms with Gasteiger partial charge in [0.05, 0.1) is 12.0 Å². The molecule has 0 atom stereocenters. The van der Waals surface area contributed by atoms with Crippen LogP contribution in [0.3, 0.4) is 0 Å². The van der Waals surface area contributed by atoms with Crippen molar-refractivity contribution in [2.24, 2.45) is 5.73 Å². The first-order chi connectivity index (χ1) is 8.59. The Kier molecular flexibility index (Phi) is 3.89. The standard InChI is InChI=1S/C12H18N2O3S/c1-17-12-5-4-11(8-10(12)9-13)18(15,16)14-6-2-3-7-14/h4-5,8H,2-3,6-7,9,13H2,1H3. The molecule has 0 unspecified atom stereocenters. The molecule has 1 saturated heterocycles. The summed E-state index contributed by atoms with van der Waals surface area (Å²) in [6.45, 7) is 1.46. The molecule has 100 valence electrons. The minimum atomic E-state index is -3.37. The number of nitrogens with two attached hydrogens (primary N) is 1. The Labute approximate surface area is 108 Å². The number of hydrogen-bond donors (Lipinski definition) is 1. The third-order valence-electron chi connectivity index (χ3n) is 3.17. The lowest BCUT2D eigenvalue weighted by atomic mass is 10.2. The maximum Gasteiger partial charge on any atom is 0.243 e. The van der Waals surface area contributed by atoms with Crippen LogP contribution in [0.25, 0.3) is 0 Å². The van der Waals surface area contributed by atoms with Crippen molar-refractivity contribution in [1.29, 1.82) is 0 Å². The predicted molar refractivity (Wildman–Crippen MR) is 68.9 cm³/mol. The topological polar surface area (TPSA) is 72.6 Å². The lowest BCUT2D eigenvalue weighted by molar-refractivity contribution is 0.409. The van der Waals surface area contributed by atoms with Crippen LogP contribution in [-0.2, 0) is 16.6 Å². The minimum absolute atomic E-state index is 0.256. The van der Waals surface area contributed by atoms with Gasteiger partial charge in [-0.05, 0) is 31.0 Å². The van der Waals surface area contributed by atoms with Crippen LogP contribution in [0.15, 0.2) is 23.1 Å². The summed E-state index contributed by atoms with van der Waals surface area (Å²) in [6.07, 6.45) is 1.86. The van der Waals surface area contributed by atoms with Gasteiger partial charge in [-0.3, -0.25) is 0 Å². The quantitative estimate of drug-likeness (QED) is 0.883. The van der Waals surface area contributed by atoms with Gasteiger partial charge in [-0.1, -0.05) is 0 Å². The van der Waals surface area contributed by atoms with E-state index < -0.39 is 10.0 Å². The molecule has 1 aliphatic heterocycles. The molecule has 0 radical (unpaired) electrons. The SMILES string of the molecule is COc1ccc(S(=O)(=O)N2CCCC2)cc1CN. The molecular formula is C12H18N2O3S. The zero-order valence-corrected chi connectivity index (χ0v) is 11.2. The molecule has 1 aromatic rings. The van der Waals surface area contributed by atoms with Gasteiger partial charge in [0, 0.05) is 25.2 Å². The van der Waals surface area contributed by atoms with Gasteiger partial charge in [0.25, 0.3) is 0 Å². The monoisotopic (exact) mass is 270 g/mol. The third-order valence-corrected chi connectivity index (χ3v) is 5.07. The molecule has 1 aliphatic rings. The Morgan fingerprint density at radius 2 is 2.00 bits per heavy atom. The number of rotatable bonds is 4. The van der Waals surface area contributed by atoms with E-state index >= 15 is 0 Å². The van der Waals surface area contributed by atoms with Crippen molar-refractivity contribution in [2.75, 3.05) is 20.2 Å². The molecule has 5 nitrogen and oxygen atoms in total. The molecule has 2 N–H and O–H groups in total. The van der Waals surface area contributed by atoms with Gasteiger partial charge in [-0.2, -0.15) is 4.31 Å². The fourth-order valence-corrected chi connectivity index (χ4v) is 3.72. The maximum atomic E-state index is 12.3. The normalized spacial score (nSPS) is 17.0. The first-order valence-electron chi connectivity index (χ1n) is 5.96. The van der Waals surface area contributed by atoms with Gasteiger partial charge in [0.2, 0.25) is 10.0 Å². The number of benzene rings is 1. The minimum Gasteiger partial charge on any atom is -0.496 e. The zero-order chi connectivity index (χ0) is 13.2. The number of methoxy groups -OCH3 is 1. The highest BCUT2D eigenvalue weighted by molar-refractivity contribution is 7.89. The molecule has 18 heavy (non-hydrogen) atoms. The second-order valence-electron chi connectivity index (χ2n) is 4.29. The molecular weight excluding hydrogens is 252 g/mol. The summed E-state index contributed by atoms with van der Waals surface area (Å²) >= 11 is 0. The summed E-state index contributed by atoms with van der Waals surface area (Å²) in [4.78, 5) is 0.297. The average molecular weight is 270 g/mol. The van der Waals surface area contributed by atoms with Crippen LogP contribution in [-0.4, -0.2) is 32.9 Å². The van der Waals surface area contributed by atoms with Crippen LogP contribution < -0.4 is 10.5 Å². The number of ether oxygens (including phenoxy) is 1. The van der Waals surface area contributed by atoms with Gasteiger partial charge in [0.1, 0.15) is 5.75 Å². The summed E-state index contributed by atoms with van der Waals surface area (Å²) in [5.41, 5.74) is 6.31. The highest BCUT2D eigenvalue weighted by Crippen LogP contribution is 2.26. The van der Waals surface area contributed by atoms with Crippen LogP contribution in [0.4, 0.5) is 0 Å². The van der Waals surface area contributed by atoms with E-state index in [0.717, 1.165) is 12.8 Å². The number of hydrogen-bond acceptors (Lipinski definition) is 4. The second kappa shape index (κ2) is 5.26. The van der Waals surface area contributed by atoms with Crippen molar-refractivity contribution >= 4 is 10.0 Å². The van der Waals surface area contributed by atoms with Gasteiger partial charge < -0.3 is 10.5 Å². The maximum absolute atomic E-state index is 12.3. The van der Waals surface area contributed by atoms with E-state index in [-0.39, 0.29) is 6.54 Å². The molecule has 0 spiro atoms. The summed E-state index contributed by atoms with van der Waals surface area (Å²) in [7, 11) is -1.83. The largest absolute Gasteiger partial charge is 0.496 e. The number of sulfonamides is 1. The highest BCUT2D eigenvalue weighted by Gasteiger charge is 2.27. The smallest absolute Gasteiger partial charge is 0.243 e. The Morgan fingerprint density at radius 1 is 1.33 bits per heavy atom. The molecule has 0 saturated carbocycles. The zero-order valence-electron chi connectivity index (χ0n) is 10.4. The second-order valence-corrected chi connectivity index (χ2v) is 6.23. The average Bonchev–Trinajstić information content (AvgIpc) is 2.92. The lowest BCUT2D eigenvalue weighted by Gasteiger charge is -2.16. The fourth-order valence-electron chi connectivity index (χ4n) is 2.15. The van der Waals surface area contributed by atoms with E-state index in [1.165, 1.54) is 4.31 Å². The number of nitrogens with zero attached hydrogens (tertiary/aromatic N) is 1. The first kappa shape index (κ1) is 13.3. The molecule has 6 heteroatoms. The molecule has 0 aromatic heterocycles. The van der Waals surface area contributed by atoms with Crippen LogP contribution in [0, 0.1) is 0 Å².